The molecule has 0 saturated carbocycles. The lowest BCUT2D eigenvalue weighted by Gasteiger charge is -2.19. The number of nitrogens with one attached hydrogen (secondary N) is 2. The number of aryl methyl sites for hydroxylation is 2. The third kappa shape index (κ3) is 4.52. The molecule has 1 unspecified atom stereocenters. The van der Waals surface area contributed by atoms with E-state index in [0.29, 0.717) is 16.2 Å². The minimum absolute atomic E-state index is 0.0104. The molecule has 2 heterocycles. The van der Waals surface area contributed by atoms with Crippen molar-refractivity contribution >= 4 is 57.4 Å². The maximum absolute atomic E-state index is 14.4. The van der Waals surface area contributed by atoms with Gasteiger partial charge >= 0.3 is 0 Å². The van der Waals surface area contributed by atoms with Crippen LogP contribution in [0.1, 0.15) is 27.2 Å². The van der Waals surface area contributed by atoms with Gasteiger partial charge in [0.1, 0.15) is 17.3 Å². The van der Waals surface area contributed by atoms with E-state index in [1.54, 1.807) is 18.2 Å². The van der Waals surface area contributed by atoms with Crippen LogP contribution < -0.4 is 15.9 Å². The second-order valence-corrected chi connectivity index (χ2v) is 11.6. The van der Waals surface area contributed by atoms with Crippen LogP contribution in [0.25, 0.3) is 10.9 Å². The molecule has 0 aliphatic carbocycles. The van der Waals surface area contributed by atoms with Crippen molar-refractivity contribution in [3.05, 3.63) is 86.4 Å². The Morgan fingerprint density at radius 1 is 1.12 bits per heavy atom. The monoisotopic (exact) mass is 595 g/mol. The Hall–Kier alpha value is -2.62. The summed E-state index contributed by atoms with van der Waals surface area (Å²) in [5.74, 6) is -2.41. The number of H-pyrrole nitrogens is 1. The van der Waals surface area contributed by atoms with E-state index >= 15 is 0 Å². The van der Waals surface area contributed by atoms with E-state index in [0.717, 1.165) is 27.1 Å². The first-order valence-corrected chi connectivity index (χ1v) is 13.0. The van der Waals surface area contributed by atoms with Gasteiger partial charge in [-0.2, -0.15) is 0 Å². The van der Waals surface area contributed by atoms with Crippen molar-refractivity contribution in [3.8, 4) is 0 Å². The second-order valence-electron chi connectivity index (χ2n) is 7.88. The molecule has 0 radical (unpaired) electrons. The predicted octanol–water partition coefficient (Wildman–Crippen LogP) is 4.87. The number of hydrogen-bond acceptors (Lipinski definition) is 4. The van der Waals surface area contributed by atoms with Gasteiger partial charge in [-0.3, -0.25) is 14.3 Å². The summed E-state index contributed by atoms with van der Waals surface area (Å²) < 4.78 is 49.0. The fourth-order valence-electron chi connectivity index (χ4n) is 3.93. The van der Waals surface area contributed by atoms with Crippen LogP contribution in [0.4, 0.5) is 8.78 Å². The van der Waals surface area contributed by atoms with E-state index in [1.165, 1.54) is 7.11 Å². The van der Waals surface area contributed by atoms with E-state index < -0.39 is 31.5 Å². The topological polar surface area (TPSA) is 84.1 Å². The lowest BCUT2D eigenvalue weighted by atomic mass is 10.2. The molecule has 0 aliphatic heterocycles. The quantitative estimate of drug-likeness (QED) is 0.246. The number of benzene rings is 2. The van der Waals surface area contributed by atoms with Gasteiger partial charge in [-0.1, -0.05) is 17.2 Å². The SMILES string of the molecule is COP(=O)(c1cc(C)cc(C)c1)c1c(C(=O)NCc2c(F)cncc2F)[nH]c2ccc(I)cc12. The summed E-state index contributed by atoms with van der Waals surface area (Å²) in [5, 5.41) is 3.76. The van der Waals surface area contributed by atoms with Crippen molar-refractivity contribution in [2.45, 2.75) is 20.4 Å². The summed E-state index contributed by atoms with van der Waals surface area (Å²) in [4.78, 5) is 19.7. The van der Waals surface area contributed by atoms with Crippen LogP contribution in [0, 0.1) is 29.1 Å². The van der Waals surface area contributed by atoms with E-state index in [9.17, 15) is 18.1 Å². The molecule has 0 bridgehead atoms. The molecule has 2 aromatic heterocycles. The molecule has 176 valence electrons. The molecule has 34 heavy (non-hydrogen) atoms. The fourth-order valence-corrected chi connectivity index (χ4v) is 6.77. The maximum atomic E-state index is 14.4. The number of aromatic amines is 1. The molecule has 0 aliphatic rings. The Morgan fingerprint density at radius 3 is 2.38 bits per heavy atom. The number of amides is 1. The molecule has 1 amide bonds. The standard InChI is InChI=1S/C24H21F2IN3O3P/c1-13-6-14(2)8-16(7-13)34(32,33-3)23-17-9-15(27)4-5-21(17)30-22(23)24(31)29-10-18-19(25)11-28-12-20(18)26/h4-9,11-12,30H,10H2,1-3H3,(H,29,31). The minimum Gasteiger partial charge on any atom is -0.350 e. The average Bonchev–Trinajstić information content (AvgIpc) is 3.16. The fraction of sp³-hybridized carbons (Fsp3) is 0.167. The highest BCUT2D eigenvalue weighted by Crippen LogP contribution is 2.47. The van der Waals surface area contributed by atoms with Crippen molar-refractivity contribution in [1.82, 2.24) is 15.3 Å². The molecule has 10 heteroatoms. The van der Waals surface area contributed by atoms with E-state index in [1.807, 2.05) is 32.0 Å². The van der Waals surface area contributed by atoms with Crippen LogP contribution in [-0.4, -0.2) is 23.0 Å². The van der Waals surface area contributed by atoms with Gasteiger partial charge in [-0.25, -0.2) is 8.78 Å². The van der Waals surface area contributed by atoms with Crippen LogP contribution in [0.5, 0.6) is 0 Å². The first-order chi connectivity index (χ1) is 16.1. The number of carbonyl (C=O) groups is 1. The van der Waals surface area contributed by atoms with Crippen LogP contribution >= 0.6 is 30.0 Å². The van der Waals surface area contributed by atoms with Crippen molar-refractivity contribution < 1.29 is 22.7 Å². The zero-order valence-electron chi connectivity index (χ0n) is 18.6. The van der Waals surface area contributed by atoms with Gasteiger partial charge < -0.3 is 14.8 Å². The second kappa shape index (κ2) is 9.56. The minimum atomic E-state index is -3.74. The number of fused-ring (bicyclic) bond motifs is 1. The molecular weight excluding hydrogens is 574 g/mol. The Balaban J connectivity index is 1.86. The van der Waals surface area contributed by atoms with E-state index in [-0.39, 0.29) is 16.6 Å². The zero-order chi connectivity index (χ0) is 24.6. The van der Waals surface area contributed by atoms with Crippen molar-refractivity contribution in [2.75, 3.05) is 7.11 Å². The van der Waals surface area contributed by atoms with Gasteiger partial charge in [-0.15, -0.1) is 0 Å². The maximum Gasteiger partial charge on any atom is 0.268 e. The van der Waals surface area contributed by atoms with Gasteiger partial charge in [0.05, 0.1) is 17.7 Å². The summed E-state index contributed by atoms with van der Waals surface area (Å²) in [5.41, 5.74) is 2.08. The molecule has 6 nitrogen and oxygen atoms in total. The molecule has 1 atom stereocenters. The average molecular weight is 595 g/mol. The van der Waals surface area contributed by atoms with Crippen molar-refractivity contribution in [2.24, 2.45) is 0 Å². The highest BCUT2D eigenvalue weighted by Gasteiger charge is 2.36. The normalized spacial score (nSPS) is 13.1. The Kier molecular flexibility index (Phi) is 6.89. The van der Waals surface area contributed by atoms with Gasteiger partial charge in [-0.05, 0) is 66.8 Å². The molecule has 2 N–H and O–H groups in total. The van der Waals surface area contributed by atoms with Crippen LogP contribution in [-0.2, 0) is 15.6 Å². The number of carbonyl (C=O) groups excluding carboxylic acids is 1. The number of halogens is 3. The van der Waals surface area contributed by atoms with E-state index in [4.69, 9.17) is 4.52 Å². The van der Waals surface area contributed by atoms with Crippen LogP contribution in [0.2, 0.25) is 0 Å². The molecule has 0 fully saturated rings. The smallest absolute Gasteiger partial charge is 0.268 e. The summed E-state index contributed by atoms with van der Waals surface area (Å²) in [7, 11) is -2.39. The summed E-state index contributed by atoms with van der Waals surface area (Å²) in [6.07, 6.45) is 1.75. The number of aromatic nitrogens is 2. The Labute approximate surface area is 208 Å². The van der Waals surface area contributed by atoms with Crippen molar-refractivity contribution in [1.29, 1.82) is 0 Å². The predicted molar refractivity (Wildman–Crippen MR) is 136 cm³/mol. The molecular formula is C24H21F2IN3O3P. The lowest BCUT2D eigenvalue weighted by Crippen LogP contribution is -2.30. The molecule has 0 spiro atoms. The molecule has 0 saturated heterocycles. The first-order valence-electron chi connectivity index (χ1n) is 10.3. The first kappa shape index (κ1) is 24.5. The third-order valence-corrected chi connectivity index (χ3v) is 8.61. The summed E-state index contributed by atoms with van der Waals surface area (Å²) in [6, 6.07) is 10.9. The van der Waals surface area contributed by atoms with Crippen LogP contribution in [0.15, 0.2) is 48.8 Å². The number of nitrogens with zero attached hydrogens (tertiary/aromatic N) is 1. The Bertz CT molecular complexity index is 1430. The van der Waals surface area contributed by atoms with Gasteiger partial charge in [0.25, 0.3) is 13.3 Å². The zero-order valence-corrected chi connectivity index (χ0v) is 21.6. The van der Waals surface area contributed by atoms with Crippen LogP contribution in [0.3, 0.4) is 0 Å². The molecule has 4 aromatic rings. The number of rotatable bonds is 6. The van der Waals surface area contributed by atoms with Gasteiger partial charge in [0.15, 0.2) is 0 Å². The van der Waals surface area contributed by atoms with Gasteiger partial charge in [0, 0.05) is 39.0 Å². The largest absolute Gasteiger partial charge is 0.350 e. The molecule has 2 aromatic carbocycles. The highest BCUT2D eigenvalue weighted by molar-refractivity contribution is 14.1. The number of hydrogen-bond donors (Lipinski definition) is 2. The van der Waals surface area contributed by atoms with Crippen molar-refractivity contribution in [3.63, 3.8) is 0 Å². The molecule has 4 rings (SSSR count). The highest BCUT2D eigenvalue weighted by atomic mass is 127. The van der Waals surface area contributed by atoms with E-state index in [2.05, 4.69) is 37.9 Å². The lowest BCUT2D eigenvalue weighted by molar-refractivity contribution is 0.0947. The third-order valence-electron chi connectivity index (χ3n) is 5.44. The summed E-state index contributed by atoms with van der Waals surface area (Å²) >= 11 is 2.13. The number of pyridine rings is 1. The van der Waals surface area contributed by atoms with Gasteiger partial charge in [0.2, 0.25) is 0 Å². The summed E-state index contributed by atoms with van der Waals surface area (Å²) in [6.45, 7) is 3.37. The Morgan fingerprint density at radius 2 is 1.76 bits per heavy atom.